The maximum absolute atomic E-state index is 10.6. The fraction of sp³-hybridized carbons (Fsp3) is 0.500. The predicted octanol–water partition coefficient (Wildman–Crippen LogP) is 0.346. The molecule has 0 saturated carbocycles. The molecule has 2 rings (SSSR count). The number of likely N-dealkylation sites (tertiary alicyclic amines) is 1. The van der Waals surface area contributed by atoms with Crippen molar-refractivity contribution in [3.8, 4) is 0 Å². The molecule has 1 saturated heterocycles. The van der Waals surface area contributed by atoms with E-state index in [-0.39, 0.29) is 5.91 Å². The second kappa shape index (κ2) is 5.72. The molecule has 0 unspecified atom stereocenters. The Morgan fingerprint density at radius 1 is 1.41 bits per heavy atom. The first-order valence-corrected chi connectivity index (χ1v) is 5.87. The Morgan fingerprint density at radius 3 is 2.65 bits per heavy atom. The van der Waals surface area contributed by atoms with Crippen LogP contribution in [0.2, 0.25) is 0 Å². The summed E-state index contributed by atoms with van der Waals surface area (Å²) in [6.07, 6.45) is 7.18. The summed E-state index contributed by atoms with van der Waals surface area (Å²) in [6, 6.07) is 1.83. The molecule has 0 spiro atoms. The minimum absolute atomic E-state index is 0.349. The smallest absolute Gasteiger partial charge is 0.222 e. The molecule has 1 aliphatic rings. The fourth-order valence-electron chi connectivity index (χ4n) is 2.11. The number of aromatic nitrogens is 2. The molecule has 0 bridgehead atoms. The van der Waals surface area contributed by atoms with Crippen LogP contribution in [0.5, 0.6) is 0 Å². The lowest BCUT2D eigenvalue weighted by Gasteiger charge is -2.30. The standard InChI is InChI=1S/C12H17N4O/c13-11(17)4-9-16-7-2-10(3-8-16)12-14-5-1-6-15-12/h1,4-6,10H,2-3,7-9H2,(H2,13,17). The van der Waals surface area contributed by atoms with Gasteiger partial charge in [-0.05, 0) is 32.0 Å². The zero-order chi connectivity index (χ0) is 12.1. The van der Waals surface area contributed by atoms with Crippen LogP contribution >= 0.6 is 0 Å². The van der Waals surface area contributed by atoms with Gasteiger partial charge < -0.3 is 10.6 Å². The van der Waals surface area contributed by atoms with Crippen molar-refractivity contribution in [1.29, 1.82) is 0 Å². The highest BCUT2D eigenvalue weighted by Crippen LogP contribution is 2.24. The van der Waals surface area contributed by atoms with Gasteiger partial charge in [-0.15, -0.1) is 0 Å². The number of primary amides is 1. The Labute approximate surface area is 101 Å². The fourth-order valence-corrected chi connectivity index (χ4v) is 2.11. The average molecular weight is 233 g/mol. The highest BCUT2D eigenvalue weighted by molar-refractivity contribution is 5.83. The average Bonchev–Trinajstić information content (AvgIpc) is 2.38. The maximum Gasteiger partial charge on any atom is 0.222 e. The first kappa shape index (κ1) is 12.0. The van der Waals surface area contributed by atoms with Gasteiger partial charge in [0, 0.05) is 24.9 Å². The number of nitrogens with two attached hydrogens (primary N) is 1. The van der Waals surface area contributed by atoms with Gasteiger partial charge in [0.05, 0.1) is 6.42 Å². The summed E-state index contributed by atoms with van der Waals surface area (Å²) in [4.78, 5) is 21.5. The Kier molecular flexibility index (Phi) is 4.03. The molecular weight excluding hydrogens is 216 g/mol. The predicted molar refractivity (Wildman–Crippen MR) is 63.9 cm³/mol. The monoisotopic (exact) mass is 233 g/mol. The molecule has 2 N–H and O–H groups in total. The molecule has 0 aromatic carbocycles. The third-order valence-electron chi connectivity index (χ3n) is 3.09. The molecule has 1 radical (unpaired) electrons. The van der Waals surface area contributed by atoms with Crippen molar-refractivity contribution in [3.05, 3.63) is 30.7 Å². The van der Waals surface area contributed by atoms with Gasteiger partial charge in [-0.2, -0.15) is 0 Å². The summed E-state index contributed by atoms with van der Waals surface area (Å²) in [7, 11) is 0. The molecule has 0 atom stereocenters. The number of carbonyl (C=O) groups excluding carboxylic acids is 1. The summed E-state index contributed by atoms with van der Waals surface area (Å²) in [5.41, 5.74) is 5.09. The van der Waals surface area contributed by atoms with Crippen molar-refractivity contribution in [2.45, 2.75) is 18.8 Å². The van der Waals surface area contributed by atoms with Crippen molar-refractivity contribution >= 4 is 5.91 Å². The highest BCUT2D eigenvalue weighted by atomic mass is 16.1. The van der Waals surface area contributed by atoms with Gasteiger partial charge in [-0.1, -0.05) is 0 Å². The second-order valence-corrected chi connectivity index (χ2v) is 4.29. The van der Waals surface area contributed by atoms with E-state index in [1.165, 1.54) is 6.42 Å². The van der Waals surface area contributed by atoms with Crippen molar-refractivity contribution in [2.75, 3.05) is 19.6 Å². The van der Waals surface area contributed by atoms with Gasteiger partial charge in [-0.25, -0.2) is 9.97 Å². The van der Waals surface area contributed by atoms with E-state index in [1.54, 1.807) is 12.4 Å². The SMILES string of the molecule is NC(=O)[CH]CN1CCC(c2ncccn2)CC1. The minimum Gasteiger partial charge on any atom is -0.369 e. The van der Waals surface area contributed by atoms with Crippen LogP contribution in [0, 0.1) is 6.42 Å². The zero-order valence-electron chi connectivity index (χ0n) is 9.75. The molecule has 1 amide bonds. The highest BCUT2D eigenvalue weighted by Gasteiger charge is 2.22. The van der Waals surface area contributed by atoms with Gasteiger partial charge in [0.2, 0.25) is 5.91 Å². The molecule has 5 heteroatoms. The first-order chi connectivity index (χ1) is 8.25. The minimum atomic E-state index is -0.349. The van der Waals surface area contributed by atoms with Crippen LogP contribution in [-0.2, 0) is 4.79 Å². The first-order valence-electron chi connectivity index (χ1n) is 5.87. The number of amides is 1. The lowest BCUT2D eigenvalue weighted by Crippen LogP contribution is -2.36. The lowest BCUT2D eigenvalue weighted by atomic mass is 9.96. The van der Waals surface area contributed by atoms with Crippen LogP contribution in [0.1, 0.15) is 24.6 Å². The van der Waals surface area contributed by atoms with E-state index < -0.39 is 0 Å². The third kappa shape index (κ3) is 3.49. The topological polar surface area (TPSA) is 72.1 Å². The molecule has 91 valence electrons. The van der Waals surface area contributed by atoms with E-state index in [9.17, 15) is 4.79 Å². The van der Waals surface area contributed by atoms with Gasteiger partial charge in [-0.3, -0.25) is 4.79 Å². The summed E-state index contributed by atoms with van der Waals surface area (Å²) >= 11 is 0. The molecular formula is C12H17N4O. The third-order valence-corrected chi connectivity index (χ3v) is 3.09. The van der Waals surface area contributed by atoms with Crippen LogP contribution in [0.3, 0.4) is 0 Å². The number of rotatable bonds is 4. The zero-order valence-corrected chi connectivity index (χ0v) is 9.75. The normalized spacial score (nSPS) is 18.1. The van der Waals surface area contributed by atoms with Crippen LogP contribution in [0.4, 0.5) is 0 Å². The number of carbonyl (C=O) groups is 1. The van der Waals surface area contributed by atoms with Gasteiger partial charge in [0.1, 0.15) is 5.82 Å². The molecule has 1 aromatic heterocycles. The molecule has 17 heavy (non-hydrogen) atoms. The Morgan fingerprint density at radius 2 is 2.06 bits per heavy atom. The van der Waals surface area contributed by atoms with Gasteiger partial charge in [0.15, 0.2) is 0 Å². The molecule has 2 heterocycles. The largest absolute Gasteiger partial charge is 0.369 e. The Bertz CT molecular complexity index is 360. The number of nitrogens with zero attached hydrogens (tertiary/aromatic N) is 3. The van der Waals surface area contributed by atoms with E-state index in [1.807, 2.05) is 6.07 Å². The summed E-state index contributed by atoms with van der Waals surface area (Å²) in [6.45, 7) is 2.58. The molecule has 5 nitrogen and oxygen atoms in total. The van der Waals surface area contributed by atoms with E-state index in [0.29, 0.717) is 12.5 Å². The maximum atomic E-state index is 10.6. The van der Waals surface area contributed by atoms with E-state index in [4.69, 9.17) is 5.73 Å². The van der Waals surface area contributed by atoms with Gasteiger partial charge in [0.25, 0.3) is 0 Å². The van der Waals surface area contributed by atoms with Crippen LogP contribution < -0.4 is 5.73 Å². The molecule has 1 fully saturated rings. The van der Waals surface area contributed by atoms with E-state index in [0.717, 1.165) is 31.8 Å². The lowest BCUT2D eigenvalue weighted by molar-refractivity contribution is -0.115. The van der Waals surface area contributed by atoms with E-state index in [2.05, 4.69) is 14.9 Å². The van der Waals surface area contributed by atoms with Gasteiger partial charge >= 0.3 is 0 Å². The van der Waals surface area contributed by atoms with E-state index >= 15 is 0 Å². The van der Waals surface area contributed by atoms with Crippen molar-refractivity contribution in [3.63, 3.8) is 0 Å². The molecule has 1 aliphatic heterocycles. The van der Waals surface area contributed by atoms with Crippen molar-refractivity contribution in [2.24, 2.45) is 5.73 Å². The van der Waals surface area contributed by atoms with Crippen molar-refractivity contribution < 1.29 is 4.79 Å². The Balaban J connectivity index is 1.80. The molecule has 1 aromatic rings. The quantitative estimate of drug-likeness (QED) is 0.814. The number of hydrogen-bond donors (Lipinski definition) is 1. The number of hydrogen-bond acceptors (Lipinski definition) is 4. The summed E-state index contributed by atoms with van der Waals surface area (Å²) < 4.78 is 0. The van der Waals surface area contributed by atoms with Crippen LogP contribution in [0.25, 0.3) is 0 Å². The van der Waals surface area contributed by atoms with Crippen LogP contribution in [0.15, 0.2) is 18.5 Å². The van der Waals surface area contributed by atoms with Crippen molar-refractivity contribution in [1.82, 2.24) is 14.9 Å². The second-order valence-electron chi connectivity index (χ2n) is 4.29. The van der Waals surface area contributed by atoms with Crippen LogP contribution in [-0.4, -0.2) is 40.4 Å². The number of piperidine rings is 1. The molecule has 0 aliphatic carbocycles. The summed E-state index contributed by atoms with van der Waals surface area (Å²) in [5, 5.41) is 0. The summed E-state index contributed by atoms with van der Waals surface area (Å²) in [5.74, 6) is 1.03. The Hall–Kier alpha value is -1.49.